The van der Waals surface area contributed by atoms with Crippen molar-refractivity contribution in [1.82, 2.24) is 10.7 Å². The molecule has 198 valence electrons. The minimum atomic E-state index is -0.657. The van der Waals surface area contributed by atoms with E-state index in [1.807, 2.05) is 0 Å². The van der Waals surface area contributed by atoms with Crippen molar-refractivity contribution < 1.29 is 23.5 Å². The van der Waals surface area contributed by atoms with Gasteiger partial charge in [-0.2, -0.15) is 5.10 Å². The summed E-state index contributed by atoms with van der Waals surface area (Å²) in [5.74, 6) is 0.715. The van der Waals surface area contributed by atoms with Crippen molar-refractivity contribution in [3.63, 3.8) is 0 Å². The molecule has 4 rings (SSSR count). The van der Waals surface area contributed by atoms with Crippen molar-refractivity contribution in [1.29, 1.82) is 0 Å². The number of nitrogens with one attached hydrogen (secondary N) is 2. The third-order valence-corrected chi connectivity index (χ3v) is 5.99. The summed E-state index contributed by atoms with van der Waals surface area (Å²) >= 11 is 12.3. The Kier molecular flexibility index (Phi) is 9.04. The van der Waals surface area contributed by atoms with Crippen LogP contribution >= 0.6 is 23.2 Å². The Hall–Kier alpha value is -4.53. The van der Waals surface area contributed by atoms with E-state index >= 15 is 0 Å². The number of hydrogen-bond donors (Lipinski definition) is 2. The molecule has 1 heterocycles. The average Bonchev–Trinajstić information content (AvgIpc) is 3.42. The molecule has 3 aromatic carbocycles. The van der Waals surface area contributed by atoms with Crippen molar-refractivity contribution >= 4 is 47.3 Å². The summed E-state index contributed by atoms with van der Waals surface area (Å²) in [4.78, 5) is 25.9. The maximum Gasteiger partial charge on any atom is 0.287 e. The number of hydrazone groups is 1. The van der Waals surface area contributed by atoms with Gasteiger partial charge in [-0.1, -0.05) is 47.5 Å². The van der Waals surface area contributed by atoms with Crippen LogP contribution in [0.25, 0.3) is 17.4 Å². The van der Waals surface area contributed by atoms with Crippen LogP contribution in [0.1, 0.15) is 21.7 Å². The first kappa shape index (κ1) is 27.5. The second kappa shape index (κ2) is 12.8. The topological polar surface area (TPSA) is 102 Å². The highest BCUT2D eigenvalue weighted by molar-refractivity contribution is 6.35. The average molecular weight is 564 g/mol. The van der Waals surface area contributed by atoms with Gasteiger partial charge in [0.2, 0.25) is 0 Å². The molecule has 0 fully saturated rings. The van der Waals surface area contributed by atoms with Gasteiger partial charge < -0.3 is 19.2 Å². The number of halogens is 2. The minimum Gasteiger partial charge on any atom is -0.493 e. The van der Waals surface area contributed by atoms with E-state index in [4.69, 9.17) is 37.1 Å². The number of benzene rings is 3. The molecular weight excluding hydrogens is 541 g/mol. The predicted octanol–water partition coefficient (Wildman–Crippen LogP) is 6.19. The van der Waals surface area contributed by atoms with Gasteiger partial charge in [-0.15, -0.1) is 0 Å². The van der Waals surface area contributed by atoms with E-state index in [2.05, 4.69) is 15.8 Å². The third kappa shape index (κ3) is 7.07. The Labute approximate surface area is 234 Å². The highest BCUT2D eigenvalue weighted by Crippen LogP contribution is 2.31. The highest BCUT2D eigenvalue weighted by Gasteiger charge is 2.15. The third-order valence-electron chi connectivity index (χ3n) is 5.43. The van der Waals surface area contributed by atoms with Crippen molar-refractivity contribution in [2.24, 2.45) is 5.10 Å². The summed E-state index contributed by atoms with van der Waals surface area (Å²) in [6.45, 7) is 0. The molecule has 10 heteroatoms. The summed E-state index contributed by atoms with van der Waals surface area (Å²) in [5.41, 5.74) is 3.96. The Morgan fingerprint density at radius 1 is 0.897 bits per heavy atom. The molecule has 2 N–H and O–H groups in total. The number of carbonyl (C=O) groups excluding carboxylic acids is 2. The van der Waals surface area contributed by atoms with Gasteiger partial charge in [0, 0.05) is 16.1 Å². The molecule has 4 aromatic rings. The van der Waals surface area contributed by atoms with Crippen molar-refractivity contribution in [3.05, 3.63) is 111 Å². The molecule has 1 aromatic heterocycles. The molecule has 0 spiro atoms. The first-order valence-electron chi connectivity index (χ1n) is 11.6. The molecule has 0 unspecified atom stereocenters. The molecule has 0 saturated carbocycles. The van der Waals surface area contributed by atoms with E-state index in [1.54, 1.807) is 78.9 Å². The molecular formula is C29H23Cl2N3O5. The molecule has 2 amide bonds. The van der Waals surface area contributed by atoms with Gasteiger partial charge in [-0.3, -0.25) is 9.59 Å². The van der Waals surface area contributed by atoms with E-state index in [0.29, 0.717) is 49.8 Å². The molecule has 0 aliphatic heterocycles. The molecule has 0 aliphatic rings. The summed E-state index contributed by atoms with van der Waals surface area (Å²) in [6.07, 6.45) is 2.83. The van der Waals surface area contributed by atoms with Crippen LogP contribution in [0.3, 0.4) is 0 Å². The lowest BCUT2D eigenvalue weighted by atomic mass is 10.1. The van der Waals surface area contributed by atoms with Crippen LogP contribution in [0.5, 0.6) is 11.5 Å². The minimum absolute atomic E-state index is 0.0425. The maximum absolute atomic E-state index is 13.1. The van der Waals surface area contributed by atoms with Gasteiger partial charge >= 0.3 is 0 Å². The maximum atomic E-state index is 13.1. The zero-order chi connectivity index (χ0) is 27.8. The van der Waals surface area contributed by atoms with E-state index < -0.39 is 11.8 Å². The van der Waals surface area contributed by atoms with E-state index in [9.17, 15) is 9.59 Å². The number of ether oxygens (including phenoxy) is 2. The quantitative estimate of drug-likeness (QED) is 0.143. The molecule has 0 atom stereocenters. The number of hydrogen-bond acceptors (Lipinski definition) is 6. The van der Waals surface area contributed by atoms with Gasteiger partial charge in [0.05, 0.1) is 25.5 Å². The lowest BCUT2D eigenvalue weighted by Gasteiger charge is -2.11. The molecule has 8 nitrogen and oxygen atoms in total. The number of carbonyl (C=O) groups is 2. The molecule has 0 bridgehead atoms. The van der Waals surface area contributed by atoms with Crippen molar-refractivity contribution in [2.75, 3.05) is 14.2 Å². The predicted molar refractivity (Wildman–Crippen MR) is 151 cm³/mol. The molecule has 0 radical (unpaired) electrons. The van der Waals surface area contributed by atoms with E-state index in [-0.39, 0.29) is 5.70 Å². The Balaban J connectivity index is 1.55. The van der Waals surface area contributed by atoms with Gasteiger partial charge in [0.15, 0.2) is 11.5 Å². The monoisotopic (exact) mass is 563 g/mol. The van der Waals surface area contributed by atoms with Crippen LogP contribution in [0.4, 0.5) is 0 Å². The standard InChI is InChI=1S/C29H23Cl2N3O5/c1-37-26-12-8-18(15-27(26)38-2)14-24(33-28(35)19-6-4-3-5-7-19)29(36)34-32-17-21-10-13-25(39-21)22-16-20(30)9-11-23(22)31/h3-17H,1-2H3,(H,33,35)(H,34,36)/b24-14+,32-17-. The fraction of sp³-hybridized carbons (Fsp3) is 0.0690. The zero-order valence-corrected chi connectivity index (χ0v) is 22.4. The van der Waals surface area contributed by atoms with Crippen molar-refractivity contribution in [3.8, 4) is 22.8 Å². The fourth-order valence-electron chi connectivity index (χ4n) is 3.52. The first-order chi connectivity index (χ1) is 18.9. The van der Waals surface area contributed by atoms with Crippen molar-refractivity contribution in [2.45, 2.75) is 0 Å². The SMILES string of the molecule is COc1ccc(/C=C(/NC(=O)c2ccccc2)C(=O)N/N=C\c2ccc(-c3cc(Cl)ccc3Cl)o2)cc1OC. The van der Waals surface area contributed by atoms with Crippen LogP contribution < -0.4 is 20.2 Å². The highest BCUT2D eigenvalue weighted by atomic mass is 35.5. The fourth-order valence-corrected chi connectivity index (χ4v) is 3.90. The lowest BCUT2D eigenvalue weighted by Crippen LogP contribution is -2.32. The molecule has 0 saturated heterocycles. The number of nitrogens with zero attached hydrogens (tertiary/aromatic N) is 1. The van der Waals surface area contributed by atoms with Gasteiger partial charge in [0.1, 0.15) is 17.2 Å². The number of rotatable bonds is 9. The summed E-state index contributed by atoms with van der Waals surface area (Å²) in [5, 5.41) is 7.62. The second-order valence-corrected chi connectivity index (χ2v) is 8.86. The van der Waals surface area contributed by atoms with Crippen LogP contribution in [0, 0.1) is 0 Å². The Morgan fingerprint density at radius 2 is 1.67 bits per heavy atom. The summed E-state index contributed by atoms with van der Waals surface area (Å²) in [6, 6.07) is 22.0. The number of methoxy groups -OCH3 is 2. The normalized spacial score (nSPS) is 11.3. The van der Waals surface area contributed by atoms with Gasteiger partial charge in [-0.25, -0.2) is 5.43 Å². The first-order valence-corrected chi connectivity index (χ1v) is 12.3. The van der Waals surface area contributed by atoms with Gasteiger partial charge in [0.25, 0.3) is 11.8 Å². The summed E-state index contributed by atoms with van der Waals surface area (Å²) in [7, 11) is 3.03. The van der Waals surface area contributed by atoms with Crippen LogP contribution in [0.2, 0.25) is 10.0 Å². The summed E-state index contributed by atoms with van der Waals surface area (Å²) < 4.78 is 16.4. The number of furan rings is 1. The van der Waals surface area contributed by atoms with Crippen LogP contribution in [-0.4, -0.2) is 32.2 Å². The number of amides is 2. The zero-order valence-electron chi connectivity index (χ0n) is 20.9. The Bertz CT molecular complexity index is 1550. The molecule has 0 aliphatic carbocycles. The van der Waals surface area contributed by atoms with Gasteiger partial charge in [-0.05, 0) is 66.2 Å². The lowest BCUT2D eigenvalue weighted by molar-refractivity contribution is -0.117. The van der Waals surface area contributed by atoms with E-state index in [1.165, 1.54) is 26.5 Å². The smallest absolute Gasteiger partial charge is 0.287 e. The largest absolute Gasteiger partial charge is 0.493 e. The Morgan fingerprint density at radius 3 is 2.41 bits per heavy atom. The van der Waals surface area contributed by atoms with Crippen LogP contribution in [0.15, 0.2) is 94.1 Å². The molecule has 39 heavy (non-hydrogen) atoms. The van der Waals surface area contributed by atoms with Crippen LogP contribution in [-0.2, 0) is 4.79 Å². The second-order valence-electron chi connectivity index (χ2n) is 8.02. The van der Waals surface area contributed by atoms with E-state index in [0.717, 1.165) is 0 Å².